The number of benzene rings is 2. The van der Waals surface area contributed by atoms with Crippen LogP contribution in [0.1, 0.15) is 85.8 Å². The van der Waals surface area contributed by atoms with Gasteiger partial charge in [0.15, 0.2) is 0 Å². The molecule has 2 aromatic heterocycles. The number of aromatic nitrogens is 3. The second kappa shape index (κ2) is 13.4. The summed E-state index contributed by atoms with van der Waals surface area (Å²) in [4.78, 5) is 51.0. The molecule has 47 heavy (non-hydrogen) atoms. The van der Waals surface area contributed by atoms with Gasteiger partial charge in [-0.3, -0.25) is 14.6 Å². The molecule has 1 saturated heterocycles. The fourth-order valence-electron chi connectivity index (χ4n) is 6.34. The minimum atomic E-state index is -4.44. The van der Waals surface area contributed by atoms with Gasteiger partial charge in [0, 0.05) is 43.2 Å². The van der Waals surface area contributed by atoms with Gasteiger partial charge in [-0.15, -0.1) is 0 Å². The van der Waals surface area contributed by atoms with E-state index >= 15 is 0 Å². The van der Waals surface area contributed by atoms with Gasteiger partial charge in [0.1, 0.15) is 0 Å². The number of nitrogens with zero attached hydrogens (tertiary/aromatic N) is 4. The third kappa shape index (κ3) is 6.63. The third-order valence-corrected chi connectivity index (χ3v) is 8.63. The second-order valence-electron chi connectivity index (χ2n) is 11.6. The molecule has 2 amide bonds. The maximum atomic E-state index is 13.8. The number of alkyl halides is 3. The van der Waals surface area contributed by atoms with Crippen LogP contribution in [-0.4, -0.2) is 56.9 Å². The van der Waals surface area contributed by atoms with Crippen molar-refractivity contribution in [2.24, 2.45) is 0 Å². The first-order valence-electron chi connectivity index (χ1n) is 15.7. The van der Waals surface area contributed by atoms with Crippen LogP contribution < -0.4 is 5.32 Å². The Hall–Kier alpha value is -5.00. The first-order valence-corrected chi connectivity index (χ1v) is 15.7. The molecule has 2 aliphatic rings. The Bertz CT molecular complexity index is 1770. The molecule has 0 radical (unpaired) electrons. The molecule has 4 heterocycles. The molecule has 4 aromatic rings. The Balaban J connectivity index is 1.33. The molecule has 0 bridgehead atoms. The van der Waals surface area contributed by atoms with Gasteiger partial charge in [0.25, 0.3) is 11.8 Å². The largest absolute Gasteiger partial charge is 0.462 e. The summed E-state index contributed by atoms with van der Waals surface area (Å²) in [5.41, 5.74) is 2.83. The molecule has 1 atom stereocenters. The highest BCUT2D eigenvalue weighted by atomic mass is 19.4. The Morgan fingerprint density at radius 1 is 1.04 bits per heavy atom. The topological polar surface area (TPSA) is 106 Å². The molecule has 244 valence electrons. The molecule has 2 aromatic carbocycles. The number of imidazole rings is 1. The van der Waals surface area contributed by atoms with Crippen LogP contribution in [-0.2, 0) is 30.3 Å². The summed E-state index contributed by atoms with van der Waals surface area (Å²) in [7, 11) is 0. The van der Waals surface area contributed by atoms with Crippen LogP contribution in [0, 0.1) is 0 Å². The zero-order valence-electron chi connectivity index (χ0n) is 25.8. The normalized spacial score (nSPS) is 15.4. The molecule has 0 saturated carbocycles. The smallest absolute Gasteiger partial charge is 0.416 e. The fraction of sp³-hybridized carbons (Fsp3) is 0.343. The Kier molecular flexibility index (Phi) is 9.10. The predicted molar refractivity (Wildman–Crippen MR) is 167 cm³/mol. The van der Waals surface area contributed by atoms with Gasteiger partial charge in [-0.05, 0) is 74.4 Å². The van der Waals surface area contributed by atoms with E-state index in [1.807, 2.05) is 10.8 Å². The maximum Gasteiger partial charge on any atom is 0.416 e. The number of hydrogen-bond donors (Lipinski definition) is 1. The van der Waals surface area contributed by atoms with Crippen molar-refractivity contribution in [3.05, 3.63) is 106 Å². The van der Waals surface area contributed by atoms with Crippen molar-refractivity contribution in [2.45, 2.75) is 57.8 Å². The van der Waals surface area contributed by atoms with Crippen LogP contribution in [0.2, 0.25) is 0 Å². The number of carbonyl (C=O) groups is 3. The number of ether oxygens (including phenoxy) is 1. The van der Waals surface area contributed by atoms with E-state index in [0.717, 1.165) is 37.9 Å². The SMILES string of the molecule is CCOC(=O)c1c(CCc2ccc(C(F)(F)F)cc2)nc2c(c1-c1ccc(C(=O)NCCCn3ccnc3)cc1)C(=O)N1CCC[C@@H]21. The number of halogens is 3. The number of carbonyl (C=O) groups excluding carboxylic acids is 3. The van der Waals surface area contributed by atoms with Crippen molar-refractivity contribution >= 4 is 17.8 Å². The quantitative estimate of drug-likeness (QED) is 0.158. The van der Waals surface area contributed by atoms with Crippen LogP contribution in [0.5, 0.6) is 0 Å². The monoisotopic (exact) mass is 645 g/mol. The van der Waals surface area contributed by atoms with E-state index in [-0.39, 0.29) is 36.4 Å². The first-order chi connectivity index (χ1) is 22.7. The molecule has 1 fully saturated rings. The predicted octanol–water partition coefficient (Wildman–Crippen LogP) is 6.04. The van der Waals surface area contributed by atoms with Crippen molar-refractivity contribution in [3.8, 4) is 11.1 Å². The summed E-state index contributed by atoms with van der Waals surface area (Å²) >= 11 is 0. The zero-order chi connectivity index (χ0) is 33.1. The van der Waals surface area contributed by atoms with Crippen molar-refractivity contribution in [3.63, 3.8) is 0 Å². The zero-order valence-corrected chi connectivity index (χ0v) is 25.8. The summed E-state index contributed by atoms with van der Waals surface area (Å²) in [6.45, 7) is 3.55. The van der Waals surface area contributed by atoms with E-state index in [2.05, 4.69) is 10.3 Å². The Morgan fingerprint density at radius 2 is 1.81 bits per heavy atom. The van der Waals surface area contributed by atoms with E-state index < -0.39 is 17.7 Å². The lowest BCUT2D eigenvalue weighted by molar-refractivity contribution is -0.137. The number of esters is 1. The molecule has 0 aliphatic carbocycles. The molecule has 12 heteroatoms. The van der Waals surface area contributed by atoms with Gasteiger partial charge >= 0.3 is 12.1 Å². The maximum absolute atomic E-state index is 13.8. The lowest BCUT2D eigenvalue weighted by Gasteiger charge is -2.18. The van der Waals surface area contributed by atoms with E-state index in [4.69, 9.17) is 9.72 Å². The standard InChI is InChI=1S/C35H34F3N5O4/c1-2-47-34(46)29-26(15-8-22-6-13-25(14-7-22)35(36,37)38)41-31-27-5-3-19-43(27)33(45)30(31)28(29)23-9-11-24(12-10-23)32(44)40-16-4-18-42-20-17-39-21-42/h6-7,9-14,17,20-21,27H,2-5,8,15-16,18-19H2,1H3,(H,40,44)/t27-/m0/s1. The molecule has 1 N–H and O–H groups in total. The number of hydrogen-bond acceptors (Lipinski definition) is 6. The van der Waals surface area contributed by atoms with Crippen LogP contribution in [0.3, 0.4) is 0 Å². The van der Waals surface area contributed by atoms with Gasteiger partial charge in [-0.2, -0.15) is 13.2 Å². The summed E-state index contributed by atoms with van der Waals surface area (Å²) in [6.07, 6.45) is 3.68. The number of rotatable bonds is 11. The number of fused-ring (bicyclic) bond motifs is 3. The van der Waals surface area contributed by atoms with Crippen LogP contribution in [0.4, 0.5) is 13.2 Å². The van der Waals surface area contributed by atoms with Crippen LogP contribution >= 0.6 is 0 Å². The molecular formula is C35H34F3N5O4. The summed E-state index contributed by atoms with van der Waals surface area (Å²) in [6, 6.07) is 11.4. The number of pyridine rings is 1. The van der Waals surface area contributed by atoms with E-state index in [1.54, 1.807) is 48.6 Å². The average molecular weight is 646 g/mol. The Labute approximate surface area is 269 Å². The van der Waals surface area contributed by atoms with Crippen molar-refractivity contribution < 1.29 is 32.3 Å². The number of nitrogens with one attached hydrogen (secondary N) is 1. The van der Waals surface area contributed by atoms with Gasteiger partial charge < -0.3 is 19.5 Å². The number of aryl methyl sites for hydroxylation is 3. The highest BCUT2D eigenvalue weighted by Crippen LogP contribution is 2.45. The third-order valence-electron chi connectivity index (χ3n) is 8.63. The highest BCUT2D eigenvalue weighted by molar-refractivity contribution is 6.11. The molecule has 2 aliphatic heterocycles. The van der Waals surface area contributed by atoms with Gasteiger partial charge in [0.2, 0.25) is 0 Å². The summed E-state index contributed by atoms with van der Waals surface area (Å²) in [5.74, 6) is -1.09. The Morgan fingerprint density at radius 3 is 2.49 bits per heavy atom. The van der Waals surface area contributed by atoms with E-state index in [9.17, 15) is 27.6 Å². The van der Waals surface area contributed by atoms with Crippen LogP contribution in [0.15, 0.2) is 67.3 Å². The van der Waals surface area contributed by atoms with Crippen LogP contribution in [0.25, 0.3) is 11.1 Å². The van der Waals surface area contributed by atoms with Gasteiger partial charge in [-0.25, -0.2) is 9.78 Å². The van der Waals surface area contributed by atoms with Gasteiger partial charge in [0.05, 0.1) is 47.1 Å². The highest BCUT2D eigenvalue weighted by Gasteiger charge is 2.44. The molecular weight excluding hydrogens is 611 g/mol. The second-order valence-corrected chi connectivity index (χ2v) is 11.6. The minimum absolute atomic E-state index is 0.0936. The average Bonchev–Trinajstić information content (AvgIpc) is 3.82. The van der Waals surface area contributed by atoms with E-state index in [1.165, 1.54) is 12.1 Å². The number of amides is 2. The first kappa shape index (κ1) is 32.0. The minimum Gasteiger partial charge on any atom is -0.462 e. The van der Waals surface area contributed by atoms with Crippen molar-refractivity contribution in [1.82, 2.24) is 24.8 Å². The van der Waals surface area contributed by atoms with Crippen molar-refractivity contribution in [1.29, 1.82) is 0 Å². The molecule has 0 unspecified atom stereocenters. The van der Waals surface area contributed by atoms with E-state index in [0.29, 0.717) is 58.7 Å². The molecule has 6 rings (SSSR count). The lowest BCUT2D eigenvalue weighted by Crippen LogP contribution is -2.25. The molecule has 0 spiro atoms. The molecule has 9 nitrogen and oxygen atoms in total. The summed E-state index contributed by atoms with van der Waals surface area (Å²) < 4.78 is 46.8. The lowest BCUT2D eigenvalue weighted by atomic mass is 9.89. The van der Waals surface area contributed by atoms with Gasteiger partial charge in [-0.1, -0.05) is 24.3 Å². The van der Waals surface area contributed by atoms with Crippen molar-refractivity contribution in [2.75, 3.05) is 19.7 Å². The fourth-order valence-corrected chi connectivity index (χ4v) is 6.34. The summed E-state index contributed by atoms with van der Waals surface area (Å²) in [5, 5.41) is 2.92.